The zero-order valence-electron chi connectivity index (χ0n) is 20.8. The van der Waals surface area contributed by atoms with Gasteiger partial charge in [0.05, 0.1) is 13.4 Å². The molecule has 2 aromatic rings. The molecule has 3 rings (SSSR count). The Bertz CT molecular complexity index is 1090. The van der Waals surface area contributed by atoms with E-state index in [-0.39, 0.29) is 17.9 Å². The van der Waals surface area contributed by atoms with Crippen molar-refractivity contribution < 1.29 is 23.9 Å². The monoisotopic (exact) mass is 480 g/mol. The minimum Gasteiger partial charge on any atom is -0.493 e. The molecule has 1 aliphatic heterocycles. The van der Waals surface area contributed by atoms with Crippen LogP contribution in [0.5, 0.6) is 11.5 Å². The maximum absolute atomic E-state index is 13.2. The molecule has 0 radical (unpaired) electrons. The van der Waals surface area contributed by atoms with E-state index in [9.17, 15) is 14.4 Å². The van der Waals surface area contributed by atoms with Crippen LogP contribution in [0.3, 0.4) is 0 Å². The van der Waals surface area contributed by atoms with E-state index >= 15 is 0 Å². The van der Waals surface area contributed by atoms with Crippen molar-refractivity contribution >= 4 is 24.1 Å². The first kappa shape index (κ1) is 25.7. The smallest absolute Gasteiger partial charge is 0.278 e. The molecule has 9 heteroatoms. The molecular formula is C26H32N4O5. The van der Waals surface area contributed by atoms with Crippen LogP contribution in [-0.4, -0.2) is 91.7 Å². The third-order valence-corrected chi connectivity index (χ3v) is 5.69. The number of hydrogen-bond acceptors (Lipinski definition) is 5. The summed E-state index contributed by atoms with van der Waals surface area (Å²) in [6.07, 6.45) is 0.643. The van der Waals surface area contributed by atoms with E-state index < -0.39 is 12.0 Å². The maximum atomic E-state index is 13.2. The van der Waals surface area contributed by atoms with Crippen molar-refractivity contribution in [3.63, 3.8) is 0 Å². The van der Waals surface area contributed by atoms with E-state index in [0.717, 1.165) is 0 Å². The fraction of sp³-hybridized carbons (Fsp3) is 0.385. The lowest BCUT2D eigenvalue weighted by molar-refractivity contribution is -0.142. The van der Waals surface area contributed by atoms with Crippen LogP contribution in [0.2, 0.25) is 0 Å². The second-order valence-electron chi connectivity index (χ2n) is 8.64. The highest BCUT2D eigenvalue weighted by Gasteiger charge is 2.33. The van der Waals surface area contributed by atoms with Gasteiger partial charge in [-0.05, 0) is 44.2 Å². The molecular weight excluding hydrogens is 448 g/mol. The number of amides is 3. The number of rotatable bonds is 7. The number of methoxy groups -OCH3 is 1. The van der Waals surface area contributed by atoms with Crippen LogP contribution in [0.1, 0.15) is 34.6 Å². The maximum Gasteiger partial charge on any atom is 0.278 e. The molecule has 1 heterocycles. The lowest BCUT2D eigenvalue weighted by Gasteiger charge is -2.40. The lowest BCUT2D eigenvalue weighted by atomic mass is 10.1. The van der Waals surface area contributed by atoms with E-state index in [1.54, 1.807) is 66.1 Å². The number of piperazine rings is 1. The Morgan fingerprint density at radius 2 is 1.77 bits per heavy atom. The van der Waals surface area contributed by atoms with Crippen molar-refractivity contribution in [1.29, 1.82) is 0 Å². The highest BCUT2D eigenvalue weighted by molar-refractivity contribution is 5.99. The highest BCUT2D eigenvalue weighted by atomic mass is 16.5. The highest BCUT2D eigenvalue weighted by Crippen LogP contribution is 2.30. The van der Waals surface area contributed by atoms with Gasteiger partial charge >= 0.3 is 0 Å². The van der Waals surface area contributed by atoms with Gasteiger partial charge in [-0.2, -0.15) is 4.99 Å². The van der Waals surface area contributed by atoms with Crippen molar-refractivity contribution in [3.05, 3.63) is 59.7 Å². The topological polar surface area (TPSA) is 91.7 Å². The van der Waals surface area contributed by atoms with Crippen molar-refractivity contribution in [2.45, 2.75) is 26.0 Å². The summed E-state index contributed by atoms with van der Waals surface area (Å²) in [7, 11) is 5.01. The molecule has 0 saturated carbocycles. The Balaban J connectivity index is 1.64. The third-order valence-electron chi connectivity index (χ3n) is 5.69. The summed E-state index contributed by atoms with van der Waals surface area (Å²) in [5.74, 6) is 0.0589. The fourth-order valence-corrected chi connectivity index (χ4v) is 3.85. The Hall–Kier alpha value is -3.88. The van der Waals surface area contributed by atoms with Gasteiger partial charge in [0.25, 0.3) is 17.7 Å². The first-order valence-corrected chi connectivity index (χ1v) is 11.5. The minimum absolute atomic E-state index is 0.0388. The second kappa shape index (κ2) is 11.5. The van der Waals surface area contributed by atoms with Crippen LogP contribution < -0.4 is 9.47 Å². The molecule has 2 aromatic carbocycles. The standard InChI is InChI=1S/C26H32N4O5/c1-18-16-29(26(33)20-9-7-6-8-10-20)13-14-30(18)25(32)19(2)35-22-12-11-21(15-23(22)34-5)24(31)27-17-28(3)4/h6-12,15,17-19H,13-14,16H2,1-5H3/b27-17-/t18-,19+/m1/s1. The minimum atomic E-state index is -0.781. The van der Waals surface area contributed by atoms with Crippen LogP contribution in [0.4, 0.5) is 0 Å². The average molecular weight is 481 g/mol. The van der Waals surface area contributed by atoms with Crippen LogP contribution in [0.25, 0.3) is 0 Å². The van der Waals surface area contributed by atoms with Crippen molar-refractivity contribution in [2.75, 3.05) is 40.8 Å². The van der Waals surface area contributed by atoms with Crippen molar-refractivity contribution in [2.24, 2.45) is 4.99 Å². The average Bonchev–Trinajstić information content (AvgIpc) is 2.86. The molecule has 0 aromatic heterocycles. The van der Waals surface area contributed by atoms with Crippen molar-refractivity contribution in [3.8, 4) is 11.5 Å². The van der Waals surface area contributed by atoms with E-state index in [4.69, 9.17) is 9.47 Å². The number of carbonyl (C=O) groups excluding carboxylic acids is 3. The molecule has 1 fully saturated rings. The Labute approximate surface area is 205 Å². The molecule has 0 N–H and O–H groups in total. The number of benzene rings is 2. The van der Waals surface area contributed by atoms with Gasteiger partial charge in [-0.15, -0.1) is 0 Å². The third kappa shape index (κ3) is 6.38. The lowest BCUT2D eigenvalue weighted by Crippen LogP contribution is -2.57. The van der Waals surface area contributed by atoms with E-state index in [2.05, 4.69) is 4.99 Å². The van der Waals surface area contributed by atoms with Crippen molar-refractivity contribution in [1.82, 2.24) is 14.7 Å². The van der Waals surface area contributed by atoms with Crippen LogP contribution >= 0.6 is 0 Å². The molecule has 0 unspecified atom stereocenters. The number of carbonyl (C=O) groups is 3. The summed E-state index contributed by atoms with van der Waals surface area (Å²) in [6, 6.07) is 13.7. The summed E-state index contributed by atoms with van der Waals surface area (Å²) in [5, 5.41) is 0. The SMILES string of the molecule is COc1cc(C(=O)/N=C\N(C)C)ccc1O[C@@H](C)C(=O)N1CCN(C(=O)c2ccccc2)C[C@H]1C. The molecule has 1 aliphatic rings. The molecule has 35 heavy (non-hydrogen) atoms. The molecule has 2 atom stereocenters. The largest absolute Gasteiger partial charge is 0.493 e. The molecule has 0 spiro atoms. The van der Waals surface area contributed by atoms with Crippen LogP contribution in [-0.2, 0) is 4.79 Å². The normalized spacial score (nSPS) is 16.7. The molecule has 0 bridgehead atoms. The summed E-state index contributed by atoms with van der Waals surface area (Å²) in [5.41, 5.74) is 0.983. The van der Waals surface area contributed by atoms with Gasteiger partial charge in [-0.1, -0.05) is 18.2 Å². The Morgan fingerprint density at radius 1 is 1.06 bits per heavy atom. The summed E-state index contributed by atoms with van der Waals surface area (Å²) in [6.45, 7) is 4.91. The summed E-state index contributed by atoms with van der Waals surface area (Å²) < 4.78 is 11.3. The summed E-state index contributed by atoms with van der Waals surface area (Å²) >= 11 is 0. The first-order chi connectivity index (χ1) is 16.7. The van der Waals surface area contributed by atoms with E-state index in [1.165, 1.54) is 13.4 Å². The fourth-order valence-electron chi connectivity index (χ4n) is 3.85. The predicted molar refractivity (Wildman–Crippen MR) is 133 cm³/mol. The quantitative estimate of drug-likeness (QED) is 0.447. The van der Waals surface area contributed by atoms with Crippen LogP contribution in [0, 0.1) is 0 Å². The molecule has 0 aliphatic carbocycles. The molecule has 3 amide bonds. The predicted octanol–water partition coefficient (Wildman–Crippen LogP) is 2.57. The zero-order chi connectivity index (χ0) is 25.5. The molecule has 9 nitrogen and oxygen atoms in total. The van der Waals surface area contributed by atoms with Gasteiger partial charge in [-0.3, -0.25) is 14.4 Å². The Morgan fingerprint density at radius 3 is 2.40 bits per heavy atom. The van der Waals surface area contributed by atoms with E-state index in [0.29, 0.717) is 42.3 Å². The number of ether oxygens (including phenoxy) is 2. The summed E-state index contributed by atoms with van der Waals surface area (Å²) in [4.78, 5) is 47.2. The number of aliphatic imine (C=N–C) groups is 1. The van der Waals surface area contributed by atoms with Gasteiger partial charge in [0.2, 0.25) is 0 Å². The zero-order valence-corrected chi connectivity index (χ0v) is 20.8. The molecule has 186 valence electrons. The Kier molecular flexibility index (Phi) is 8.46. The number of hydrogen-bond donors (Lipinski definition) is 0. The number of nitrogens with zero attached hydrogens (tertiary/aromatic N) is 4. The van der Waals surface area contributed by atoms with Gasteiger partial charge in [0.15, 0.2) is 17.6 Å². The second-order valence-corrected chi connectivity index (χ2v) is 8.64. The molecule has 1 saturated heterocycles. The first-order valence-electron chi connectivity index (χ1n) is 11.5. The van der Waals surface area contributed by atoms with Gasteiger partial charge in [-0.25, -0.2) is 0 Å². The van der Waals surface area contributed by atoms with Gasteiger partial charge in [0.1, 0.15) is 0 Å². The van der Waals surface area contributed by atoms with Gasteiger partial charge in [0, 0.05) is 50.9 Å². The van der Waals surface area contributed by atoms with E-state index in [1.807, 2.05) is 25.1 Å². The van der Waals surface area contributed by atoms with Crippen LogP contribution in [0.15, 0.2) is 53.5 Å². The van der Waals surface area contributed by atoms with Gasteiger partial charge < -0.3 is 24.2 Å².